The third-order valence-electron chi connectivity index (χ3n) is 5.09. The van der Waals surface area contributed by atoms with Crippen LogP contribution in [0.2, 0.25) is 0 Å². The minimum Gasteiger partial charge on any atom is -0.511 e. The number of esters is 1. The van der Waals surface area contributed by atoms with E-state index >= 15 is 0 Å². The number of hydrogen-bond acceptors (Lipinski definition) is 6. The lowest BCUT2D eigenvalue weighted by molar-refractivity contribution is -0.158. The maximum atomic E-state index is 12.8. The number of allylic oxidation sites excluding steroid dienone is 2. The van der Waals surface area contributed by atoms with E-state index in [1.54, 1.807) is 6.08 Å². The Morgan fingerprint density at radius 2 is 2.24 bits per heavy atom. The summed E-state index contributed by atoms with van der Waals surface area (Å²) in [5, 5.41) is 14.9. The lowest BCUT2D eigenvalue weighted by Gasteiger charge is -2.36. The van der Waals surface area contributed by atoms with Crippen LogP contribution < -0.4 is 0 Å². The number of nitrogens with zero attached hydrogens (tertiary/aromatic N) is 1. The van der Waals surface area contributed by atoms with Gasteiger partial charge in [-0.05, 0) is 25.2 Å². The van der Waals surface area contributed by atoms with Crippen LogP contribution in [0.4, 0.5) is 0 Å². The van der Waals surface area contributed by atoms with Gasteiger partial charge in [0.1, 0.15) is 12.4 Å². The molecular formula is C19H27NO5. The smallest absolute Gasteiger partial charge is 0.313 e. The van der Waals surface area contributed by atoms with E-state index in [-0.39, 0.29) is 36.1 Å². The number of methoxy groups -OCH3 is 1. The molecule has 0 amide bonds. The molecule has 0 aromatic rings. The topological polar surface area (TPSA) is 85.2 Å². The molecule has 0 saturated heterocycles. The number of aliphatic hydroxyl groups is 1. The molecule has 0 aliphatic heterocycles. The Balaban J connectivity index is 2.48. The molecule has 25 heavy (non-hydrogen) atoms. The first kappa shape index (κ1) is 19.2. The number of carbonyl (C=O) groups is 2. The minimum atomic E-state index is -0.960. The maximum absolute atomic E-state index is 12.8. The molecule has 1 fully saturated rings. The molecular weight excluding hydrogens is 322 g/mol. The van der Waals surface area contributed by atoms with Crippen LogP contribution in [-0.2, 0) is 19.2 Å². The van der Waals surface area contributed by atoms with E-state index in [4.69, 9.17) is 9.57 Å². The van der Waals surface area contributed by atoms with E-state index < -0.39 is 17.3 Å². The average molecular weight is 349 g/mol. The van der Waals surface area contributed by atoms with Crippen LogP contribution in [0.5, 0.6) is 0 Å². The van der Waals surface area contributed by atoms with Gasteiger partial charge >= 0.3 is 5.97 Å². The summed E-state index contributed by atoms with van der Waals surface area (Å²) in [4.78, 5) is 30.4. The quantitative estimate of drug-likeness (QED) is 0.250. The summed E-state index contributed by atoms with van der Waals surface area (Å²) < 4.78 is 4.97. The van der Waals surface area contributed by atoms with Crippen LogP contribution in [0, 0.1) is 17.3 Å². The predicted octanol–water partition coefficient (Wildman–Crippen LogP) is 3.34. The summed E-state index contributed by atoms with van der Waals surface area (Å²) >= 11 is 0. The fourth-order valence-electron chi connectivity index (χ4n) is 4.17. The van der Waals surface area contributed by atoms with Gasteiger partial charge in [0, 0.05) is 12.3 Å². The normalized spacial score (nSPS) is 29.4. The third-order valence-corrected chi connectivity index (χ3v) is 5.09. The van der Waals surface area contributed by atoms with Crippen molar-refractivity contribution in [3.8, 4) is 0 Å². The zero-order chi connectivity index (χ0) is 18.6. The molecule has 6 nitrogen and oxygen atoms in total. The second-order valence-corrected chi connectivity index (χ2v) is 6.98. The van der Waals surface area contributed by atoms with Crippen molar-refractivity contribution in [3.63, 3.8) is 0 Å². The van der Waals surface area contributed by atoms with E-state index in [9.17, 15) is 14.7 Å². The van der Waals surface area contributed by atoms with E-state index in [1.165, 1.54) is 7.11 Å². The van der Waals surface area contributed by atoms with Crippen LogP contribution >= 0.6 is 0 Å². The van der Waals surface area contributed by atoms with Crippen LogP contribution in [0.15, 0.2) is 29.1 Å². The second-order valence-electron chi connectivity index (χ2n) is 6.98. The van der Waals surface area contributed by atoms with E-state index in [2.05, 4.69) is 11.7 Å². The van der Waals surface area contributed by atoms with Crippen LogP contribution in [0.1, 0.15) is 46.0 Å². The first-order chi connectivity index (χ1) is 11.9. The van der Waals surface area contributed by atoms with Gasteiger partial charge in [-0.2, -0.15) is 0 Å². The van der Waals surface area contributed by atoms with Crippen molar-refractivity contribution in [1.82, 2.24) is 0 Å². The number of rotatable bonds is 7. The van der Waals surface area contributed by atoms with Gasteiger partial charge < -0.3 is 14.7 Å². The van der Waals surface area contributed by atoms with Gasteiger partial charge in [-0.25, -0.2) is 0 Å². The molecule has 0 radical (unpaired) electrons. The summed E-state index contributed by atoms with van der Waals surface area (Å²) in [7, 11) is 1.32. The van der Waals surface area contributed by atoms with Crippen molar-refractivity contribution in [1.29, 1.82) is 0 Å². The number of hydrogen-bond donors (Lipinski definition) is 1. The summed E-state index contributed by atoms with van der Waals surface area (Å²) in [5.41, 5.74) is -0.313. The average Bonchev–Trinajstić information content (AvgIpc) is 2.91. The summed E-state index contributed by atoms with van der Waals surface area (Å²) in [6.45, 7) is 7.77. The number of aliphatic hydroxyl groups excluding tert-OH is 1. The highest BCUT2D eigenvalue weighted by atomic mass is 16.6. The van der Waals surface area contributed by atoms with Crippen molar-refractivity contribution >= 4 is 17.5 Å². The lowest BCUT2D eigenvalue weighted by atomic mass is 9.67. The van der Waals surface area contributed by atoms with Gasteiger partial charge in [-0.3, -0.25) is 9.59 Å². The second kappa shape index (κ2) is 7.85. The molecule has 2 aliphatic rings. The molecule has 6 heteroatoms. The van der Waals surface area contributed by atoms with Crippen LogP contribution in [0.25, 0.3) is 0 Å². The molecule has 3 atom stereocenters. The monoisotopic (exact) mass is 349 g/mol. The number of carbonyl (C=O) groups excluding carboxylic acids is 2. The highest BCUT2D eigenvalue weighted by molar-refractivity contribution is 6.24. The lowest BCUT2D eigenvalue weighted by Crippen LogP contribution is -2.44. The van der Waals surface area contributed by atoms with Gasteiger partial charge in [0.25, 0.3) is 0 Å². The molecule has 0 bridgehead atoms. The van der Waals surface area contributed by atoms with E-state index in [1.807, 2.05) is 13.8 Å². The Morgan fingerprint density at radius 1 is 1.52 bits per heavy atom. The summed E-state index contributed by atoms with van der Waals surface area (Å²) in [5.74, 6) is -0.924. The molecule has 0 heterocycles. The molecule has 3 unspecified atom stereocenters. The van der Waals surface area contributed by atoms with Crippen molar-refractivity contribution in [3.05, 3.63) is 24.0 Å². The Hall–Kier alpha value is -2.11. The highest BCUT2D eigenvalue weighted by Crippen LogP contribution is 2.55. The SMILES string of the molecule is C=CCON=C(CCC)C1=C(O)C2CC(C)CC2(C(=O)OC)CC1=O. The number of Topliss-reactive ketones (excluding diaryl/α,β-unsaturated/α-hetero) is 1. The van der Waals surface area contributed by atoms with Crippen LogP contribution in [0.3, 0.4) is 0 Å². The van der Waals surface area contributed by atoms with Crippen molar-refractivity contribution in [2.24, 2.45) is 22.4 Å². The first-order valence-electron chi connectivity index (χ1n) is 8.76. The molecule has 2 aliphatic carbocycles. The standard InChI is InChI=1S/C19H27NO5/c1-5-7-14(20-25-8-6-2)16-15(21)11-19(18(23)24-4)10-12(3)9-13(19)17(16)22/h6,12-13,22H,2,5,7-11H2,1,3-4H3. The third kappa shape index (κ3) is 3.48. The van der Waals surface area contributed by atoms with Gasteiger partial charge in [-0.1, -0.05) is 38.1 Å². The summed E-state index contributed by atoms with van der Waals surface area (Å²) in [6.07, 6.45) is 4.05. The van der Waals surface area contributed by atoms with Crippen LogP contribution in [-0.4, -0.2) is 36.3 Å². The Morgan fingerprint density at radius 3 is 2.84 bits per heavy atom. The van der Waals surface area contributed by atoms with Crippen molar-refractivity contribution in [2.45, 2.75) is 46.0 Å². The Bertz CT molecular complexity index is 621. The van der Waals surface area contributed by atoms with Crippen molar-refractivity contribution < 1.29 is 24.3 Å². The fraction of sp³-hybridized carbons (Fsp3) is 0.632. The fourth-order valence-corrected chi connectivity index (χ4v) is 4.17. The van der Waals surface area contributed by atoms with Crippen molar-refractivity contribution in [2.75, 3.05) is 13.7 Å². The maximum Gasteiger partial charge on any atom is 0.313 e. The molecule has 1 N–H and O–H groups in total. The number of fused-ring (bicyclic) bond motifs is 1. The molecule has 0 aromatic carbocycles. The predicted molar refractivity (Wildman–Crippen MR) is 94.1 cm³/mol. The largest absolute Gasteiger partial charge is 0.511 e. The molecule has 138 valence electrons. The number of oxime groups is 1. The first-order valence-corrected chi connectivity index (χ1v) is 8.76. The molecule has 0 spiro atoms. The Kier molecular flexibility index (Phi) is 6.03. The zero-order valence-corrected chi connectivity index (χ0v) is 15.2. The van der Waals surface area contributed by atoms with Gasteiger partial charge in [0.15, 0.2) is 5.78 Å². The minimum absolute atomic E-state index is 0.0399. The molecule has 2 rings (SSSR count). The Labute approximate surface area is 148 Å². The highest BCUT2D eigenvalue weighted by Gasteiger charge is 2.58. The number of ketones is 1. The van der Waals surface area contributed by atoms with Gasteiger partial charge in [-0.15, -0.1) is 0 Å². The number of ether oxygens (including phenoxy) is 1. The molecule has 0 aromatic heterocycles. The van der Waals surface area contributed by atoms with E-state index in [0.717, 1.165) is 6.42 Å². The zero-order valence-electron chi connectivity index (χ0n) is 15.2. The van der Waals surface area contributed by atoms with Gasteiger partial charge in [0.05, 0.1) is 23.8 Å². The van der Waals surface area contributed by atoms with E-state index in [0.29, 0.717) is 25.0 Å². The molecule has 1 saturated carbocycles. The summed E-state index contributed by atoms with van der Waals surface area (Å²) in [6, 6.07) is 0. The van der Waals surface area contributed by atoms with Gasteiger partial charge in [0.2, 0.25) is 0 Å².